The van der Waals surface area contributed by atoms with E-state index in [1.807, 2.05) is 0 Å². The fourth-order valence-electron chi connectivity index (χ4n) is 1.38. The molecular weight excluding hydrogens is 245 g/mol. The van der Waals surface area contributed by atoms with Gasteiger partial charge in [-0.15, -0.1) is 0 Å². The minimum absolute atomic E-state index is 0.176. The molecule has 0 unspecified atom stereocenters. The third-order valence-electron chi connectivity index (χ3n) is 2.26. The lowest BCUT2D eigenvalue weighted by atomic mass is 10.2. The smallest absolute Gasteiger partial charge is 0.275 e. The van der Waals surface area contributed by atoms with E-state index in [0.29, 0.717) is 11.3 Å². The second-order valence-electron chi connectivity index (χ2n) is 3.51. The van der Waals surface area contributed by atoms with Crippen molar-refractivity contribution in [2.24, 2.45) is 0 Å². The Morgan fingerprint density at radius 1 is 1.53 bits per heavy atom. The number of aryl methyl sites for hydroxylation is 1. The summed E-state index contributed by atoms with van der Waals surface area (Å²) < 4.78 is 12.9. The number of nitrogens with zero attached hydrogens (tertiary/aromatic N) is 1. The monoisotopic (exact) mass is 253 g/mol. The van der Waals surface area contributed by atoms with Crippen molar-refractivity contribution >= 4 is 23.2 Å². The summed E-state index contributed by atoms with van der Waals surface area (Å²) in [5, 5.41) is 8.99. The van der Waals surface area contributed by atoms with Crippen LogP contribution in [0.15, 0.2) is 24.4 Å². The van der Waals surface area contributed by atoms with Gasteiger partial charge in [-0.2, -0.15) is 5.10 Å². The lowest BCUT2D eigenvalue weighted by molar-refractivity contribution is 0.102. The number of hydrogen-bond acceptors (Lipinski definition) is 2. The van der Waals surface area contributed by atoms with E-state index in [-0.39, 0.29) is 16.5 Å². The number of hydrogen-bond donors (Lipinski definition) is 2. The van der Waals surface area contributed by atoms with Gasteiger partial charge in [0.2, 0.25) is 0 Å². The fraction of sp³-hybridized carbons (Fsp3) is 0.0909. The summed E-state index contributed by atoms with van der Waals surface area (Å²) in [4.78, 5) is 11.8. The minimum atomic E-state index is -0.415. The molecule has 0 aliphatic rings. The van der Waals surface area contributed by atoms with Crippen LogP contribution in [0, 0.1) is 12.7 Å². The predicted octanol–water partition coefficient (Wildman–Crippen LogP) is 2.76. The van der Waals surface area contributed by atoms with Crippen molar-refractivity contribution in [3.8, 4) is 0 Å². The summed E-state index contributed by atoms with van der Waals surface area (Å²) in [6, 6.07) is 4.11. The summed E-state index contributed by atoms with van der Waals surface area (Å²) in [7, 11) is 0. The van der Waals surface area contributed by atoms with Gasteiger partial charge in [0.05, 0.1) is 11.2 Å². The molecule has 0 fully saturated rings. The van der Waals surface area contributed by atoms with Crippen molar-refractivity contribution in [3.63, 3.8) is 0 Å². The molecule has 0 aliphatic heterocycles. The normalized spacial score (nSPS) is 10.3. The molecule has 0 bridgehead atoms. The minimum Gasteiger partial charge on any atom is -0.320 e. The first-order valence-corrected chi connectivity index (χ1v) is 5.22. The second-order valence-corrected chi connectivity index (χ2v) is 3.91. The highest BCUT2D eigenvalue weighted by molar-refractivity contribution is 6.34. The van der Waals surface area contributed by atoms with Crippen LogP contribution in [0.5, 0.6) is 0 Å². The van der Waals surface area contributed by atoms with E-state index in [4.69, 9.17) is 11.6 Å². The van der Waals surface area contributed by atoms with Crippen LogP contribution in [0.1, 0.15) is 16.1 Å². The number of halogens is 2. The number of amides is 1. The highest BCUT2D eigenvalue weighted by atomic mass is 35.5. The van der Waals surface area contributed by atoms with Crippen molar-refractivity contribution in [2.45, 2.75) is 6.92 Å². The van der Waals surface area contributed by atoms with Gasteiger partial charge in [0.25, 0.3) is 5.91 Å². The van der Waals surface area contributed by atoms with Gasteiger partial charge in [-0.1, -0.05) is 11.6 Å². The average molecular weight is 254 g/mol. The third kappa shape index (κ3) is 2.45. The van der Waals surface area contributed by atoms with Crippen LogP contribution in [-0.4, -0.2) is 16.1 Å². The highest BCUT2D eigenvalue weighted by Crippen LogP contribution is 2.18. The number of H-pyrrole nitrogens is 1. The van der Waals surface area contributed by atoms with Crippen LogP contribution in [0.2, 0.25) is 5.02 Å². The third-order valence-corrected chi connectivity index (χ3v) is 2.54. The maximum atomic E-state index is 12.9. The zero-order chi connectivity index (χ0) is 12.4. The van der Waals surface area contributed by atoms with Crippen LogP contribution < -0.4 is 5.32 Å². The molecule has 0 spiro atoms. The Balaban J connectivity index is 2.22. The van der Waals surface area contributed by atoms with Crippen molar-refractivity contribution in [1.29, 1.82) is 0 Å². The molecule has 1 aromatic heterocycles. The quantitative estimate of drug-likeness (QED) is 0.865. The van der Waals surface area contributed by atoms with Crippen molar-refractivity contribution < 1.29 is 9.18 Å². The number of carbonyl (C=O) groups excluding carboxylic acids is 1. The van der Waals surface area contributed by atoms with Crippen LogP contribution in [0.4, 0.5) is 10.1 Å². The van der Waals surface area contributed by atoms with E-state index < -0.39 is 5.91 Å². The summed E-state index contributed by atoms with van der Waals surface area (Å²) in [5.41, 5.74) is 1.34. The Kier molecular flexibility index (Phi) is 3.10. The first kappa shape index (κ1) is 11.6. The molecule has 6 heteroatoms. The molecule has 2 aromatic rings. The molecule has 0 aliphatic carbocycles. The Morgan fingerprint density at radius 2 is 2.29 bits per heavy atom. The van der Waals surface area contributed by atoms with Gasteiger partial charge in [0, 0.05) is 5.69 Å². The molecule has 0 saturated carbocycles. The van der Waals surface area contributed by atoms with E-state index in [2.05, 4.69) is 15.5 Å². The molecule has 1 aromatic carbocycles. The molecule has 2 rings (SSSR count). The van der Waals surface area contributed by atoms with Crippen molar-refractivity contribution in [2.75, 3.05) is 5.32 Å². The van der Waals surface area contributed by atoms with Crippen LogP contribution in [0.25, 0.3) is 0 Å². The molecule has 1 amide bonds. The van der Waals surface area contributed by atoms with E-state index in [1.165, 1.54) is 24.4 Å². The molecular formula is C11H9ClFN3O. The van der Waals surface area contributed by atoms with Gasteiger partial charge >= 0.3 is 0 Å². The molecule has 0 atom stereocenters. The number of rotatable bonds is 2. The van der Waals surface area contributed by atoms with Crippen LogP contribution >= 0.6 is 11.6 Å². The zero-order valence-electron chi connectivity index (χ0n) is 8.92. The molecule has 0 saturated heterocycles. The molecule has 4 nitrogen and oxygen atoms in total. The van der Waals surface area contributed by atoms with Gasteiger partial charge < -0.3 is 5.32 Å². The molecule has 0 radical (unpaired) electrons. The summed E-state index contributed by atoms with van der Waals surface area (Å²) in [5.74, 6) is -0.762. The lowest BCUT2D eigenvalue weighted by Gasteiger charge is -2.07. The molecule has 88 valence electrons. The Labute approximate surface area is 102 Å². The summed E-state index contributed by atoms with van der Waals surface area (Å²) in [6.07, 6.45) is 1.34. The summed E-state index contributed by atoms with van der Waals surface area (Å²) in [6.45, 7) is 1.70. The Bertz CT molecular complexity index is 568. The zero-order valence-corrected chi connectivity index (χ0v) is 9.68. The van der Waals surface area contributed by atoms with Crippen LogP contribution in [0.3, 0.4) is 0 Å². The van der Waals surface area contributed by atoms with Crippen molar-refractivity contribution in [1.82, 2.24) is 10.2 Å². The van der Waals surface area contributed by atoms with E-state index in [9.17, 15) is 9.18 Å². The largest absolute Gasteiger partial charge is 0.320 e. The first-order chi connectivity index (χ1) is 8.08. The molecule has 17 heavy (non-hydrogen) atoms. The Morgan fingerprint density at radius 3 is 2.88 bits per heavy atom. The fourth-order valence-corrected chi connectivity index (χ4v) is 1.56. The predicted molar refractivity (Wildman–Crippen MR) is 62.7 cm³/mol. The van der Waals surface area contributed by atoms with Gasteiger partial charge in [-0.05, 0) is 30.7 Å². The maximum Gasteiger partial charge on any atom is 0.275 e. The number of carbonyl (C=O) groups is 1. The van der Waals surface area contributed by atoms with E-state index >= 15 is 0 Å². The average Bonchev–Trinajstić information content (AvgIpc) is 2.68. The highest BCUT2D eigenvalue weighted by Gasteiger charge is 2.13. The van der Waals surface area contributed by atoms with Gasteiger partial charge in [-0.25, -0.2) is 4.39 Å². The first-order valence-electron chi connectivity index (χ1n) is 4.84. The van der Waals surface area contributed by atoms with Crippen molar-refractivity contribution in [3.05, 3.63) is 46.5 Å². The number of aromatic nitrogens is 2. The standard InChI is InChI=1S/C11H9ClFN3O/c1-6-4-7(13)2-3-9(6)15-11(17)10-8(12)5-14-16-10/h2-5H,1H3,(H,14,16)(H,15,17). The number of benzene rings is 1. The number of nitrogens with one attached hydrogen (secondary N) is 2. The Hall–Kier alpha value is -1.88. The lowest BCUT2D eigenvalue weighted by Crippen LogP contribution is -2.13. The van der Waals surface area contributed by atoms with Gasteiger partial charge in [0.1, 0.15) is 11.5 Å². The van der Waals surface area contributed by atoms with Gasteiger partial charge in [0.15, 0.2) is 0 Å². The van der Waals surface area contributed by atoms with E-state index in [0.717, 1.165) is 0 Å². The van der Waals surface area contributed by atoms with E-state index in [1.54, 1.807) is 6.92 Å². The topological polar surface area (TPSA) is 57.8 Å². The number of anilines is 1. The molecule has 2 N–H and O–H groups in total. The SMILES string of the molecule is Cc1cc(F)ccc1NC(=O)c1[nH]ncc1Cl. The van der Waals surface area contributed by atoms with Gasteiger partial charge in [-0.3, -0.25) is 9.89 Å². The maximum absolute atomic E-state index is 12.9. The summed E-state index contributed by atoms with van der Waals surface area (Å²) >= 11 is 5.75. The number of aromatic amines is 1. The second kappa shape index (κ2) is 4.55. The van der Waals surface area contributed by atoms with Crippen LogP contribution in [-0.2, 0) is 0 Å². The molecule has 1 heterocycles.